The van der Waals surface area contributed by atoms with Crippen LogP contribution in [-0.2, 0) is 19.5 Å². The highest BCUT2D eigenvalue weighted by atomic mass is 16.7. The maximum Gasteiger partial charge on any atom is 0.494 e. The van der Waals surface area contributed by atoms with Crippen molar-refractivity contribution in [2.45, 2.75) is 64.1 Å². The highest BCUT2D eigenvalue weighted by Gasteiger charge is 2.52. The Morgan fingerprint density at radius 3 is 1.93 bits per heavy atom. The van der Waals surface area contributed by atoms with Gasteiger partial charge in [-0.1, -0.05) is 42.0 Å². The molecule has 0 spiro atoms. The molecule has 0 radical (unpaired) electrons. The SMILES string of the molecule is Cc1ccc(C2(C(=O)Nc3ccc(B4OC(C)(C)C(C)(C)O4)cc3)CC2)cc1. The van der Waals surface area contributed by atoms with Crippen LogP contribution in [0.5, 0.6) is 0 Å². The number of aryl methyl sites for hydroxylation is 1. The van der Waals surface area contributed by atoms with E-state index in [1.54, 1.807) is 0 Å². The number of hydrogen-bond acceptors (Lipinski definition) is 3. The number of benzene rings is 2. The zero-order valence-corrected chi connectivity index (χ0v) is 17.3. The fourth-order valence-electron chi connectivity index (χ4n) is 3.60. The topological polar surface area (TPSA) is 47.6 Å². The largest absolute Gasteiger partial charge is 0.494 e. The zero-order valence-electron chi connectivity index (χ0n) is 17.3. The van der Waals surface area contributed by atoms with Gasteiger partial charge in [0.1, 0.15) is 0 Å². The van der Waals surface area contributed by atoms with Crippen molar-refractivity contribution in [2.24, 2.45) is 0 Å². The van der Waals surface area contributed by atoms with E-state index in [-0.39, 0.29) is 22.5 Å². The average molecular weight is 377 g/mol. The molecule has 1 heterocycles. The van der Waals surface area contributed by atoms with E-state index < -0.39 is 7.12 Å². The molecule has 0 bridgehead atoms. The minimum absolute atomic E-state index is 0.0692. The minimum atomic E-state index is -0.392. The number of nitrogens with one attached hydrogen (secondary N) is 1. The van der Waals surface area contributed by atoms with E-state index in [1.165, 1.54) is 5.56 Å². The van der Waals surface area contributed by atoms with Gasteiger partial charge in [0.2, 0.25) is 5.91 Å². The van der Waals surface area contributed by atoms with Crippen LogP contribution in [0.1, 0.15) is 51.7 Å². The molecule has 4 rings (SSSR count). The molecule has 1 aliphatic carbocycles. The van der Waals surface area contributed by atoms with Gasteiger partial charge in [-0.15, -0.1) is 0 Å². The highest BCUT2D eigenvalue weighted by molar-refractivity contribution is 6.62. The molecular formula is C23H28BNO3. The van der Waals surface area contributed by atoms with Crippen molar-refractivity contribution in [1.82, 2.24) is 0 Å². The van der Waals surface area contributed by atoms with Crippen LogP contribution in [0.4, 0.5) is 5.69 Å². The molecule has 0 unspecified atom stereocenters. The first-order chi connectivity index (χ1) is 13.1. The van der Waals surface area contributed by atoms with Crippen LogP contribution in [0.3, 0.4) is 0 Å². The molecule has 1 N–H and O–H groups in total. The Morgan fingerprint density at radius 2 is 1.43 bits per heavy atom. The van der Waals surface area contributed by atoms with Crippen LogP contribution in [-0.4, -0.2) is 24.2 Å². The van der Waals surface area contributed by atoms with Crippen LogP contribution in [0, 0.1) is 6.92 Å². The van der Waals surface area contributed by atoms with Crippen molar-refractivity contribution >= 4 is 24.2 Å². The molecule has 2 fully saturated rings. The van der Waals surface area contributed by atoms with E-state index in [0.29, 0.717) is 0 Å². The van der Waals surface area contributed by atoms with Gasteiger partial charge in [-0.3, -0.25) is 4.79 Å². The first kappa shape index (κ1) is 19.2. The lowest BCUT2D eigenvalue weighted by Crippen LogP contribution is -2.41. The number of amides is 1. The van der Waals surface area contributed by atoms with Gasteiger partial charge in [0.25, 0.3) is 0 Å². The maximum absolute atomic E-state index is 12.9. The van der Waals surface area contributed by atoms with Gasteiger partial charge >= 0.3 is 7.12 Å². The number of rotatable bonds is 4. The van der Waals surface area contributed by atoms with Gasteiger partial charge in [0.05, 0.1) is 16.6 Å². The Hall–Kier alpha value is -2.11. The molecule has 1 amide bonds. The molecule has 1 aliphatic heterocycles. The predicted octanol–water partition coefficient (Wildman–Crippen LogP) is 3.96. The van der Waals surface area contributed by atoms with E-state index >= 15 is 0 Å². The molecule has 0 atom stereocenters. The van der Waals surface area contributed by atoms with E-state index in [2.05, 4.69) is 36.5 Å². The Labute approximate surface area is 167 Å². The van der Waals surface area contributed by atoms with Crippen molar-refractivity contribution in [3.8, 4) is 0 Å². The second kappa shape index (κ2) is 6.46. The molecule has 1 saturated heterocycles. The molecule has 5 heteroatoms. The van der Waals surface area contributed by atoms with Crippen LogP contribution in [0.15, 0.2) is 48.5 Å². The molecule has 28 heavy (non-hydrogen) atoms. The monoisotopic (exact) mass is 377 g/mol. The first-order valence-electron chi connectivity index (χ1n) is 9.97. The van der Waals surface area contributed by atoms with Gasteiger partial charge in [-0.05, 0) is 70.6 Å². The second-order valence-electron chi connectivity index (χ2n) is 9.11. The number of anilines is 1. The summed E-state index contributed by atoms with van der Waals surface area (Å²) >= 11 is 0. The molecule has 146 valence electrons. The molecular weight excluding hydrogens is 349 g/mol. The summed E-state index contributed by atoms with van der Waals surface area (Å²) in [4.78, 5) is 12.9. The second-order valence-corrected chi connectivity index (χ2v) is 9.11. The average Bonchev–Trinajstić information content (AvgIpc) is 3.40. The lowest BCUT2D eigenvalue weighted by molar-refractivity contribution is -0.118. The predicted molar refractivity (Wildman–Crippen MR) is 113 cm³/mol. The summed E-state index contributed by atoms with van der Waals surface area (Å²) in [7, 11) is -0.392. The zero-order chi connectivity index (χ0) is 20.2. The fourth-order valence-corrected chi connectivity index (χ4v) is 3.60. The van der Waals surface area contributed by atoms with Crippen LogP contribution < -0.4 is 10.8 Å². The van der Waals surface area contributed by atoms with Crippen molar-refractivity contribution in [2.75, 3.05) is 5.32 Å². The van der Waals surface area contributed by atoms with Gasteiger partial charge in [-0.2, -0.15) is 0 Å². The van der Waals surface area contributed by atoms with Crippen molar-refractivity contribution in [1.29, 1.82) is 0 Å². The van der Waals surface area contributed by atoms with E-state index in [9.17, 15) is 4.79 Å². The highest BCUT2D eigenvalue weighted by Crippen LogP contribution is 2.49. The lowest BCUT2D eigenvalue weighted by atomic mass is 9.79. The van der Waals surface area contributed by atoms with Crippen LogP contribution in [0.25, 0.3) is 0 Å². The standard InChI is InChI=1S/C23H28BNO3/c1-16-6-8-17(9-7-16)23(14-15-23)20(26)25-19-12-10-18(11-13-19)24-27-21(2,3)22(4,5)28-24/h6-13H,14-15H2,1-5H3,(H,25,26). The van der Waals surface area contributed by atoms with E-state index in [4.69, 9.17) is 9.31 Å². The Bertz CT molecular complexity index is 867. The summed E-state index contributed by atoms with van der Waals surface area (Å²) in [6, 6.07) is 16.1. The Kier molecular flexibility index (Phi) is 4.44. The molecule has 1 saturated carbocycles. The van der Waals surface area contributed by atoms with E-state index in [1.807, 2.05) is 52.0 Å². The lowest BCUT2D eigenvalue weighted by Gasteiger charge is -2.32. The Morgan fingerprint density at radius 1 is 0.893 bits per heavy atom. The third kappa shape index (κ3) is 3.27. The summed E-state index contributed by atoms with van der Waals surface area (Å²) in [5.41, 5.74) is 2.95. The Balaban J connectivity index is 1.45. The van der Waals surface area contributed by atoms with Crippen molar-refractivity contribution < 1.29 is 14.1 Å². The van der Waals surface area contributed by atoms with Crippen molar-refractivity contribution in [3.05, 3.63) is 59.7 Å². The summed E-state index contributed by atoms with van der Waals surface area (Å²) in [6.07, 6.45) is 1.79. The molecule has 0 aromatic heterocycles. The van der Waals surface area contributed by atoms with Gasteiger partial charge in [-0.25, -0.2) is 0 Å². The van der Waals surface area contributed by atoms with E-state index in [0.717, 1.165) is 29.6 Å². The minimum Gasteiger partial charge on any atom is -0.399 e. The molecule has 2 aliphatic rings. The fraction of sp³-hybridized carbons (Fsp3) is 0.435. The maximum atomic E-state index is 12.9. The molecule has 4 nitrogen and oxygen atoms in total. The van der Waals surface area contributed by atoms with Gasteiger partial charge in [0.15, 0.2) is 0 Å². The number of carbonyl (C=O) groups excluding carboxylic acids is 1. The summed E-state index contributed by atoms with van der Waals surface area (Å²) < 4.78 is 12.2. The smallest absolute Gasteiger partial charge is 0.399 e. The molecule has 2 aromatic rings. The summed E-state index contributed by atoms with van der Waals surface area (Å²) in [5, 5.41) is 3.09. The van der Waals surface area contributed by atoms with Gasteiger partial charge in [0, 0.05) is 5.69 Å². The third-order valence-electron chi connectivity index (χ3n) is 6.48. The van der Waals surface area contributed by atoms with Gasteiger partial charge < -0.3 is 14.6 Å². The quantitative estimate of drug-likeness (QED) is 0.821. The first-order valence-corrected chi connectivity index (χ1v) is 9.97. The summed E-state index contributed by atoms with van der Waals surface area (Å²) in [5.74, 6) is 0.0692. The number of carbonyl (C=O) groups is 1. The number of hydrogen-bond donors (Lipinski definition) is 1. The summed E-state index contributed by atoms with van der Waals surface area (Å²) in [6.45, 7) is 10.2. The van der Waals surface area contributed by atoms with Crippen molar-refractivity contribution in [3.63, 3.8) is 0 Å². The normalized spacial score (nSPS) is 21.4. The molecule has 2 aromatic carbocycles. The van der Waals surface area contributed by atoms with Crippen LogP contribution in [0.2, 0.25) is 0 Å². The van der Waals surface area contributed by atoms with Crippen LogP contribution >= 0.6 is 0 Å². The third-order valence-corrected chi connectivity index (χ3v) is 6.48.